The molecule has 130 valence electrons. The van der Waals surface area contributed by atoms with Crippen LogP contribution in [-0.4, -0.2) is 47.8 Å². The summed E-state index contributed by atoms with van der Waals surface area (Å²) in [6.45, 7) is 1.93. The summed E-state index contributed by atoms with van der Waals surface area (Å²) in [4.78, 5) is 28.6. The lowest BCUT2D eigenvalue weighted by Crippen LogP contribution is -2.50. The number of carbonyl (C=O) groups excluding carboxylic acids is 2. The third kappa shape index (κ3) is 4.17. The van der Waals surface area contributed by atoms with Crippen molar-refractivity contribution in [2.24, 2.45) is 0 Å². The number of carbonyl (C=O) groups is 2. The fourth-order valence-electron chi connectivity index (χ4n) is 2.72. The summed E-state index contributed by atoms with van der Waals surface area (Å²) in [6.07, 6.45) is 0. The van der Waals surface area contributed by atoms with Gasteiger partial charge in [-0.05, 0) is 42.5 Å². The van der Waals surface area contributed by atoms with Gasteiger partial charge in [-0.25, -0.2) is 0 Å². The van der Waals surface area contributed by atoms with Crippen LogP contribution in [0.15, 0.2) is 46.9 Å². The zero-order chi connectivity index (χ0) is 18.0. The molecule has 0 N–H and O–H groups in total. The molecule has 2 aromatic rings. The molecule has 0 atom stereocenters. The summed E-state index contributed by atoms with van der Waals surface area (Å²) < 4.78 is 0.826. The van der Waals surface area contributed by atoms with Crippen LogP contribution in [0.2, 0.25) is 10.0 Å². The molecule has 3 rings (SSSR count). The molecule has 0 radical (unpaired) electrons. The average Bonchev–Trinajstić information content (AvgIpc) is 2.61. The van der Waals surface area contributed by atoms with Gasteiger partial charge in [0.1, 0.15) is 0 Å². The van der Waals surface area contributed by atoms with Crippen molar-refractivity contribution in [2.45, 2.75) is 0 Å². The maximum atomic E-state index is 12.6. The molecule has 0 bridgehead atoms. The highest BCUT2D eigenvalue weighted by Gasteiger charge is 2.26. The number of amides is 2. The van der Waals surface area contributed by atoms with Gasteiger partial charge in [-0.15, -0.1) is 0 Å². The van der Waals surface area contributed by atoms with Crippen LogP contribution in [0.5, 0.6) is 0 Å². The molecule has 1 fully saturated rings. The molecule has 1 aliphatic rings. The SMILES string of the molecule is O=C(c1ccc(Cl)cc1)N1CCN(C(=O)c2ccc(Br)cc2Cl)CC1. The van der Waals surface area contributed by atoms with Crippen LogP contribution >= 0.6 is 39.1 Å². The molecular formula is C18H15BrCl2N2O2. The molecule has 1 aliphatic heterocycles. The third-order valence-corrected chi connectivity index (χ3v) is 5.16. The quantitative estimate of drug-likeness (QED) is 0.694. The maximum absolute atomic E-state index is 12.6. The number of rotatable bonds is 2. The van der Waals surface area contributed by atoms with E-state index in [0.717, 1.165) is 4.47 Å². The zero-order valence-electron chi connectivity index (χ0n) is 13.2. The first kappa shape index (κ1) is 18.2. The minimum Gasteiger partial charge on any atom is -0.335 e. The van der Waals surface area contributed by atoms with Gasteiger partial charge in [-0.1, -0.05) is 39.1 Å². The van der Waals surface area contributed by atoms with Crippen LogP contribution < -0.4 is 0 Å². The number of nitrogens with zero attached hydrogens (tertiary/aromatic N) is 2. The lowest BCUT2D eigenvalue weighted by molar-refractivity contribution is 0.0535. The van der Waals surface area contributed by atoms with Gasteiger partial charge < -0.3 is 9.80 Å². The van der Waals surface area contributed by atoms with Gasteiger partial charge in [0.2, 0.25) is 0 Å². The van der Waals surface area contributed by atoms with E-state index >= 15 is 0 Å². The Kier molecular flexibility index (Phi) is 5.67. The van der Waals surface area contributed by atoms with Crippen LogP contribution in [0.25, 0.3) is 0 Å². The highest BCUT2D eigenvalue weighted by atomic mass is 79.9. The number of benzene rings is 2. The maximum Gasteiger partial charge on any atom is 0.255 e. The van der Waals surface area contributed by atoms with Gasteiger partial charge in [-0.3, -0.25) is 9.59 Å². The van der Waals surface area contributed by atoms with Crippen LogP contribution in [0.1, 0.15) is 20.7 Å². The van der Waals surface area contributed by atoms with Crippen molar-refractivity contribution in [3.63, 3.8) is 0 Å². The van der Waals surface area contributed by atoms with Crippen molar-refractivity contribution < 1.29 is 9.59 Å². The lowest BCUT2D eigenvalue weighted by Gasteiger charge is -2.35. The topological polar surface area (TPSA) is 40.6 Å². The molecule has 0 unspecified atom stereocenters. The summed E-state index contributed by atoms with van der Waals surface area (Å²) >= 11 is 15.3. The Morgan fingerprint density at radius 1 is 0.840 bits per heavy atom. The summed E-state index contributed by atoms with van der Waals surface area (Å²) in [6, 6.07) is 12.0. The second-order valence-electron chi connectivity index (χ2n) is 5.72. The summed E-state index contributed by atoms with van der Waals surface area (Å²) in [5, 5.41) is 1.01. The standard InChI is InChI=1S/C18H15BrCl2N2O2/c19-13-3-6-15(16(21)11-13)18(25)23-9-7-22(8-10-23)17(24)12-1-4-14(20)5-2-12/h1-6,11H,7-10H2. The Hall–Kier alpha value is -1.56. The van der Waals surface area contributed by atoms with E-state index in [1.807, 2.05) is 0 Å². The van der Waals surface area contributed by atoms with Crippen LogP contribution in [0, 0.1) is 0 Å². The Labute approximate surface area is 164 Å². The molecule has 0 aliphatic carbocycles. The molecule has 1 saturated heterocycles. The number of halogens is 3. The third-order valence-electron chi connectivity index (χ3n) is 4.11. The first-order chi connectivity index (χ1) is 12.0. The van der Waals surface area contributed by atoms with Crippen molar-refractivity contribution in [3.8, 4) is 0 Å². The normalized spacial score (nSPS) is 14.5. The first-order valence-electron chi connectivity index (χ1n) is 7.75. The molecule has 2 aromatic carbocycles. The van der Waals surface area contributed by atoms with E-state index in [2.05, 4.69) is 15.9 Å². The van der Waals surface area contributed by atoms with Gasteiger partial charge in [-0.2, -0.15) is 0 Å². The van der Waals surface area contributed by atoms with E-state index in [4.69, 9.17) is 23.2 Å². The molecular weight excluding hydrogens is 427 g/mol. The fraction of sp³-hybridized carbons (Fsp3) is 0.222. The van der Waals surface area contributed by atoms with Crippen molar-refractivity contribution in [2.75, 3.05) is 26.2 Å². The van der Waals surface area contributed by atoms with Gasteiger partial charge >= 0.3 is 0 Å². The van der Waals surface area contributed by atoms with E-state index < -0.39 is 0 Å². The zero-order valence-corrected chi connectivity index (χ0v) is 16.3. The van der Waals surface area contributed by atoms with Crippen molar-refractivity contribution in [3.05, 3.63) is 68.1 Å². The van der Waals surface area contributed by atoms with Crippen LogP contribution in [-0.2, 0) is 0 Å². The van der Waals surface area contributed by atoms with Crippen molar-refractivity contribution >= 4 is 50.9 Å². The van der Waals surface area contributed by atoms with Crippen molar-refractivity contribution in [1.29, 1.82) is 0 Å². The molecule has 2 amide bonds. The lowest BCUT2D eigenvalue weighted by atomic mass is 10.1. The highest BCUT2D eigenvalue weighted by molar-refractivity contribution is 9.10. The van der Waals surface area contributed by atoms with E-state index in [1.165, 1.54) is 0 Å². The van der Waals surface area contributed by atoms with E-state index in [-0.39, 0.29) is 11.8 Å². The minimum atomic E-state index is -0.115. The van der Waals surface area contributed by atoms with Crippen LogP contribution in [0.4, 0.5) is 0 Å². The Morgan fingerprint density at radius 3 is 1.96 bits per heavy atom. The van der Waals surface area contributed by atoms with E-state index in [0.29, 0.717) is 47.4 Å². The van der Waals surface area contributed by atoms with Gasteiger partial charge in [0, 0.05) is 41.2 Å². The van der Waals surface area contributed by atoms with Gasteiger partial charge in [0.15, 0.2) is 0 Å². The van der Waals surface area contributed by atoms with Crippen LogP contribution in [0.3, 0.4) is 0 Å². The summed E-state index contributed by atoms with van der Waals surface area (Å²) in [5.74, 6) is -0.165. The predicted molar refractivity (Wildman–Crippen MR) is 102 cm³/mol. The fourth-order valence-corrected chi connectivity index (χ4v) is 3.60. The predicted octanol–water partition coefficient (Wildman–Crippen LogP) is 4.35. The molecule has 0 aromatic heterocycles. The Morgan fingerprint density at radius 2 is 1.40 bits per heavy atom. The van der Waals surface area contributed by atoms with Gasteiger partial charge in [0.25, 0.3) is 11.8 Å². The molecule has 0 spiro atoms. The number of hydrogen-bond acceptors (Lipinski definition) is 2. The second kappa shape index (κ2) is 7.77. The van der Waals surface area contributed by atoms with Crippen molar-refractivity contribution in [1.82, 2.24) is 9.80 Å². The smallest absolute Gasteiger partial charge is 0.255 e. The highest BCUT2D eigenvalue weighted by Crippen LogP contribution is 2.23. The summed E-state index contributed by atoms with van der Waals surface area (Å²) in [7, 11) is 0. The molecule has 4 nitrogen and oxygen atoms in total. The molecule has 1 heterocycles. The summed E-state index contributed by atoms with van der Waals surface area (Å²) in [5.41, 5.74) is 1.07. The average molecular weight is 442 g/mol. The molecule has 7 heteroatoms. The number of piperazine rings is 1. The molecule has 25 heavy (non-hydrogen) atoms. The monoisotopic (exact) mass is 440 g/mol. The Bertz CT molecular complexity index is 803. The minimum absolute atomic E-state index is 0.0505. The molecule has 0 saturated carbocycles. The second-order valence-corrected chi connectivity index (χ2v) is 7.47. The first-order valence-corrected chi connectivity index (χ1v) is 9.30. The van der Waals surface area contributed by atoms with E-state index in [1.54, 1.807) is 52.3 Å². The Balaban J connectivity index is 1.64. The largest absolute Gasteiger partial charge is 0.335 e. The van der Waals surface area contributed by atoms with E-state index in [9.17, 15) is 9.59 Å². The van der Waals surface area contributed by atoms with Gasteiger partial charge in [0.05, 0.1) is 10.6 Å². The number of hydrogen-bond donors (Lipinski definition) is 0.